The number of nitrogens with two attached hydrogens (primary N) is 1. The number of carboxylic acids is 1. The fraction of sp³-hybridized carbons (Fsp3) is 0.355. The van der Waals surface area contributed by atoms with E-state index in [2.05, 4.69) is 5.32 Å². The number of carbonyl (C=O) groups excluding carboxylic acids is 1. The molecule has 0 aromatic heterocycles. The van der Waals surface area contributed by atoms with Gasteiger partial charge in [-0.25, -0.2) is 18.4 Å². The third kappa shape index (κ3) is 6.19. The summed E-state index contributed by atoms with van der Waals surface area (Å²) in [6.45, 7) is 6.14. The monoisotopic (exact) mass is 619 g/mol. The molecular formula is C31H33Cl2F2N3O4. The molecule has 1 fully saturated rings. The molecule has 2 amide bonds. The molecule has 4 N–H and O–H groups in total. The first-order chi connectivity index (χ1) is 19.7. The molecule has 3 atom stereocenters. The molecule has 1 aliphatic heterocycles. The molecule has 0 spiro atoms. The molecule has 224 valence electrons. The van der Waals surface area contributed by atoms with E-state index in [0.717, 1.165) is 6.07 Å². The summed E-state index contributed by atoms with van der Waals surface area (Å²) in [6, 6.07) is 11.4. The Balaban J connectivity index is 1.80. The van der Waals surface area contributed by atoms with E-state index in [-0.39, 0.29) is 51.0 Å². The standard InChI is InChI=1S/C31H33Cl2F2N3O4/c1-30(2,3)14-18-16-38(29(41)37-15-17-8-10-20(28(39)40)25(12-17)42-4)27(21-6-5-7-23(33)26(21)35)31(18,36)22-11-9-19(32)13-24(22)34/h5-13,18,27H,14-16,36H2,1-4H3,(H,37,41)(H,39,40)/t18-,27-,31+/m0/s1. The summed E-state index contributed by atoms with van der Waals surface area (Å²) in [5.74, 6) is -2.92. The number of hydrogen-bond acceptors (Lipinski definition) is 4. The zero-order valence-electron chi connectivity index (χ0n) is 23.7. The molecule has 11 heteroatoms. The second-order valence-corrected chi connectivity index (χ2v) is 12.6. The zero-order valence-corrected chi connectivity index (χ0v) is 25.2. The summed E-state index contributed by atoms with van der Waals surface area (Å²) >= 11 is 12.2. The third-order valence-corrected chi connectivity index (χ3v) is 8.12. The van der Waals surface area contributed by atoms with Crippen LogP contribution in [0.3, 0.4) is 0 Å². The highest BCUT2D eigenvalue weighted by molar-refractivity contribution is 6.31. The average Bonchev–Trinajstić information content (AvgIpc) is 3.19. The van der Waals surface area contributed by atoms with Crippen molar-refractivity contribution < 1.29 is 28.2 Å². The lowest BCUT2D eigenvalue weighted by Crippen LogP contribution is -2.50. The van der Waals surface area contributed by atoms with Crippen LogP contribution >= 0.6 is 23.2 Å². The Bertz CT molecular complexity index is 1510. The van der Waals surface area contributed by atoms with Crippen molar-refractivity contribution in [3.8, 4) is 5.75 Å². The van der Waals surface area contributed by atoms with E-state index in [1.807, 2.05) is 20.8 Å². The van der Waals surface area contributed by atoms with E-state index in [1.165, 1.54) is 48.4 Å². The van der Waals surface area contributed by atoms with E-state index >= 15 is 8.78 Å². The summed E-state index contributed by atoms with van der Waals surface area (Å²) in [5, 5.41) is 12.2. The maximum atomic E-state index is 15.7. The zero-order chi connectivity index (χ0) is 31.0. The number of rotatable bonds is 7. The predicted molar refractivity (Wildman–Crippen MR) is 158 cm³/mol. The van der Waals surface area contributed by atoms with Gasteiger partial charge in [0.25, 0.3) is 0 Å². The van der Waals surface area contributed by atoms with Gasteiger partial charge in [0.1, 0.15) is 22.9 Å². The highest BCUT2D eigenvalue weighted by atomic mass is 35.5. The highest BCUT2D eigenvalue weighted by Crippen LogP contribution is 2.53. The second kappa shape index (κ2) is 12.1. The molecule has 3 aromatic carbocycles. The van der Waals surface area contributed by atoms with Crippen molar-refractivity contribution in [2.75, 3.05) is 13.7 Å². The number of hydrogen-bond donors (Lipinski definition) is 3. The number of benzene rings is 3. The fourth-order valence-corrected chi connectivity index (χ4v) is 6.15. The minimum atomic E-state index is -1.56. The van der Waals surface area contributed by atoms with E-state index in [0.29, 0.717) is 12.0 Å². The van der Waals surface area contributed by atoms with Crippen molar-refractivity contribution in [2.45, 2.75) is 45.3 Å². The number of carbonyl (C=O) groups is 2. The maximum absolute atomic E-state index is 15.7. The Morgan fingerprint density at radius 2 is 1.86 bits per heavy atom. The minimum absolute atomic E-state index is 0.00710. The van der Waals surface area contributed by atoms with Gasteiger partial charge in [0.2, 0.25) is 0 Å². The molecule has 0 bridgehead atoms. The molecule has 0 aliphatic carbocycles. The van der Waals surface area contributed by atoms with Crippen molar-refractivity contribution in [3.05, 3.63) is 98.5 Å². The first kappa shape index (κ1) is 31.5. The van der Waals surface area contributed by atoms with Gasteiger partial charge in [-0.05, 0) is 47.7 Å². The number of nitrogens with one attached hydrogen (secondary N) is 1. The lowest BCUT2D eigenvalue weighted by atomic mass is 9.69. The number of amides is 2. The van der Waals surface area contributed by atoms with Crippen LogP contribution in [0.15, 0.2) is 54.6 Å². The summed E-state index contributed by atoms with van der Waals surface area (Å²) in [7, 11) is 1.35. The van der Waals surface area contributed by atoms with E-state index in [1.54, 1.807) is 12.1 Å². The van der Waals surface area contributed by atoms with Crippen LogP contribution in [0.2, 0.25) is 10.0 Å². The average molecular weight is 621 g/mol. The first-order valence-electron chi connectivity index (χ1n) is 13.3. The SMILES string of the molecule is COc1cc(CNC(=O)N2C[C@H](CC(C)(C)C)[C@@](N)(c3ccc(Cl)cc3F)[C@@H]2c2cccc(Cl)c2F)ccc1C(=O)O. The molecule has 42 heavy (non-hydrogen) atoms. The summed E-state index contributed by atoms with van der Waals surface area (Å²) in [6.07, 6.45) is 0.488. The number of urea groups is 1. The van der Waals surface area contributed by atoms with Crippen molar-refractivity contribution in [3.63, 3.8) is 0 Å². The topological polar surface area (TPSA) is 105 Å². The van der Waals surface area contributed by atoms with E-state index < -0.39 is 41.1 Å². The number of likely N-dealkylation sites (tertiary alicyclic amines) is 1. The maximum Gasteiger partial charge on any atom is 0.339 e. The van der Waals surface area contributed by atoms with Crippen molar-refractivity contribution in [1.29, 1.82) is 0 Å². The van der Waals surface area contributed by atoms with Gasteiger partial charge in [-0.3, -0.25) is 0 Å². The lowest BCUT2D eigenvalue weighted by molar-refractivity contribution is 0.0693. The normalized spacial score (nSPS) is 20.5. The fourth-order valence-electron chi connectivity index (χ4n) is 5.81. The smallest absolute Gasteiger partial charge is 0.339 e. The quantitative estimate of drug-likeness (QED) is 0.260. The second-order valence-electron chi connectivity index (χ2n) is 11.7. The molecule has 1 heterocycles. The molecule has 3 aromatic rings. The molecule has 0 unspecified atom stereocenters. The van der Waals surface area contributed by atoms with Gasteiger partial charge >= 0.3 is 12.0 Å². The van der Waals surface area contributed by atoms with Gasteiger partial charge in [0, 0.05) is 35.2 Å². The van der Waals surface area contributed by atoms with Crippen LogP contribution in [0.5, 0.6) is 5.75 Å². The first-order valence-corrected chi connectivity index (χ1v) is 14.1. The van der Waals surface area contributed by atoms with Crippen LogP contribution in [0, 0.1) is 23.0 Å². The van der Waals surface area contributed by atoms with Crippen molar-refractivity contribution in [2.24, 2.45) is 17.1 Å². The molecule has 1 saturated heterocycles. The largest absolute Gasteiger partial charge is 0.496 e. The Morgan fingerprint density at radius 1 is 1.14 bits per heavy atom. The van der Waals surface area contributed by atoms with Gasteiger partial charge in [-0.15, -0.1) is 0 Å². The van der Waals surface area contributed by atoms with E-state index in [4.69, 9.17) is 33.7 Å². The number of nitrogens with zero attached hydrogens (tertiary/aromatic N) is 1. The highest BCUT2D eigenvalue weighted by Gasteiger charge is 2.57. The molecule has 0 radical (unpaired) electrons. The van der Waals surface area contributed by atoms with Crippen molar-refractivity contribution >= 4 is 35.2 Å². The number of ether oxygens (including phenoxy) is 1. The number of aromatic carboxylic acids is 1. The molecule has 1 aliphatic rings. The lowest BCUT2D eigenvalue weighted by Gasteiger charge is -2.40. The summed E-state index contributed by atoms with van der Waals surface area (Å²) in [5.41, 5.74) is 6.09. The van der Waals surface area contributed by atoms with Gasteiger partial charge in [-0.1, -0.05) is 68.2 Å². The van der Waals surface area contributed by atoms with E-state index in [9.17, 15) is 14.7 Å². The summed E-state index contributed by atoms with van der Waals surface area (Å²) in [4.78, 5) is 26.7. The number of halogens is 4. The Labute approximate surface area is 253 Å². The van der Waals surface area contributed by atoms with Gasteiger partial charge < -0.3 is 25.8 Å². The minimum Gasteiger partial charge on any atom is -0.496 e. The van der Waals surface area contributed by atoms with Gasteiger partial charge in [0.15, 0.2) is 0 Å². The predicted octanol–water partition coefficient (Wildman–Crippen LogP) is 7.15. The molecule has 0 saturated carbocycles. The number of methoxy groups -OCH3 is 1. The van der Waals surface area contributed by atoms with Crippen LogP contribution in [0.4, 0.5) is 13.6 Å². The Kier molecular flexibility index (Phi) is 9.06. The third-order valence-electron chi connectivity index (χ3n) is 7.59. The number of carboxylic acid groups (broad SMARTS) is 1. The van der Waals surface area contributed by atoms with Crippen LogP contribution in [0.1, 0.15) is 60.3 Å². The molecular weight excluding hydrogens is 587 g/mol. The van der Waals surface area contributed by atoms with Crippen LogP contribution in [-0.4, -0.2) is 35.7 Å². The van der Waals surface area contributed by atoms with Crippen LogP contribution in [0.25, 0.3) is 0 Å². The van der Waals surface area contributed by atoms with Crippen LogP contribution in [-0.2, 0) is 12.1 Å². The van der Waals surface area contributed by atoms with Gasteiger partial charge in [-0.2, -0.15) is 0 Å². The van der Waals surface area contributed by atoms with Crippen LogP contribution < -0.4 is 15.8 Å². The Hall–Kier alpha value is -3.40. The van der Waals surface area contributed by atoms with Crippen molar-refractivity contribution in [1.82, 2.24) is 10.2 Å². The molecule has 4 rings (SSSR count). The molecule has 7 nitrogen and oxygen atoms in total. The van der Waals surface area contributed by atoms with Gasteiger partial charge in [0.05, 0.1) is 23.7 Å². The summed E-state index contributed by atoms with van der Waals surface area (Å²) < 4.78 is 36.5. The Morgan fingerprint density at radius 3 is 2.48 bits per heavy atom.